The van der Waals surface area contributed by atoms with Crippen LogP contribution in [0.5, 0.6) is 11.5 Å². The smallest absolute Gasteiger partial charge is 0.280 e. The molecule has 3 atom stereocenters. The molecule has 1 saturated heterocycles. The molecule has 1 N–H and O–H groups in total. The van der Waals surface area contributed by atoms with Crippen molar-refractivity contribution in [1.29, 1.82) is 0 Å². The highest BCUT2D eigenvalue weighted by molar-refractivity contribution is 6.35. The molecule has 3 heterocycles. The summed E-state index contributed by atoms with van der Waals surface area (Å²) in [6.07, 6.45) is 1.90. The molecule has 0 aliphatic carbocycles. The molecule has 1 amide bonds. The monoisotopic (exact) mass is 582 g/mol. The Morgan fingerprint density at radius 1 is 1.12 bits per heavy atom. The molecule has 3 aromatic rings. The van der Waals surface area contributed by atoms with Crippen molar-refractivity contribution in [3.63, 3.8) is 0 Å². The fraction of sp³-hybridized carbons (Fsp3) is 0.367. The third-order valence-corrected chi connectivity index (χ3v) is 7.82. The van der Waals surface area contributed by atoms with Gasteiger partial charge in [0.05, 0.1) is 17.8 Å². The van der Waals surface area contributed by atoms with Gasteiger partial charge >= 0.3 is 0 Å². The predicted molar refractivity (Wildman–Crippen MR) is 157 cm³/mol. The maximum Gasteiger partial charge on any atom is 0.280 e. The van der Waals surface area contributed by atoms with E-state index in [0.717, 1.165) is 55.2 Å². The number of piperidine rings is 1. The van der Waals surface area contributed by atoms with E-state index in [9.17, 15) is 9.59 Å². The zero-order valence-corrected chi connectivity index (χ0v) is 24.0. The Hall–Kier alpha value is -3.33. The minimum atomic E-state index is -0.814. The van der Waals surface area contributed by atoms with Crippen LogP contribution in [-0.2, 0) is 17.9 Å². The summed E-state index contributed by atoms with van der Waals surface area (Å²) in [7, 11) is 0. The number of benzene rings is 2. The van der Waals surface area contributed by atoms with Crippen molar-refractivity contribution in [3.8, 4) is 11.5 Å². The second-order valence-electron chi connectivity index (χ2n) is 10.3. The van der Waals surface area contributed by atoms with E-state index in [4.69, 9.17) is 32.7 Å². The number of carbonyl (C=O) groups excluding carboxylic acids is 1. The molecule has 5 rings (SSSR count). The molecule has 1 fully saturated rings. The van der Waals surface area contributed by atoms with E-state index in [0.29, 0.717) is 34.2 Å². The van der Waals surface area contributed by atoms with Gasteiger partial charge in [-0.25, -0.2) is 5.43 Å². The lowest BCUT2D eigenvalue weighted by molar-refractivity contribution is -0.127. The second-order valence-corrected chi connectivity index (χ2v) is 11.1. The van der Waals surface area contributed by atoms with E-state index >= 15 is 0 Å². The SMILES string of the molecule is CCOc1ccc(/C=N\NC(=O)[C@@H](C)Oc2ccc(Cl)cc2Cl)cc1CN1C[C@H]2C[C@@H](C1)c1cccc(=O)n1C2. The van der Waals surface area contributed by atoms with Gasteiger partial charge in [0.25, 0.3) is 11.5 Å². The van der Waals surface area contributed by atoms with Crippen LogP contribution >= 0.6 is 23.2 Å². The minimum Gasteiger partial charge on any atom is -0.494 e. The van der Waals surface area contributed by atoms with Gasteiger partial charge in [0, 0.05) is 54.4 Å². The number of carbonyl (C=O) groups is 1. The Balaban J connectivity index is 1.24. The largest absolute Gasteiger partial charge is 0.494 e. The number of amides is 1. The highest BCUT2D eigenvalue weighted by Gasteiger charge is 2.34. The number of hydrogen-bond donors (Lipinski definition) is 1. The summed E-state index contributed by atoms with van der Waals surface area (Å²) in [6.45, 7) is 7.44. The fourth-order valence-corrected chi connectivity index (χ4v) is 5.99. The van der Waals surface area contributed by atoms with E-state index in [2.05, 4.69) is 21.5 Å². The molecule has 0 unspecified atom stereocenters. The molecule has 2 bridgehead atoms. The number of halogens is 2. The van der Waals surface area contributed by atoms with Gasteiger partial charge < -0.3 is 14.0 Å². The van der Waals surface area contributed by atoms with Crippen LogP contribution in [0.2, 0.25) is 10.0 Å². The molecule has 0 saturated carbocycles. The van der Waals surface area contributed by atoms with Crippen molar-refractivity contribution in [2.75, 3.05) is 19.7 Å². The molecule has 0 spiro atoms. The molecule has 40 heavy (non-hydrogen) atoms. The summed E-state index contributed by atoms with van der Waals surface area (Å²) in [4.78, 5) is 27.3. The number of hydrazone groups is 1. The molecular formula is C30H32Cl2N4O4. The van der Waals surface area contributed by atoms with Crippen LogP contribution in [0.15, 0.2) is 64.5 Å². The van der Waals surface area contributed by atoms with Crippen molar-refractivity contribution in [2.24, 2.45) is 11.0 Å². The number of rotatable bonds is 9. The first kappa shape index (κ1) is 28.2. The first-order chi connectivity index (χ1) is 19.3. The van der Waals surface area contributed by atoms with E-state index in [-0.39, 0.29) is 5.56 Å². The molecule has 1 aromatic heterocycles. The number of nitrogens with zero attached hydrogens (tertiary/aromatic N) is 3. The van der Waals surface area contributed by atoms with Crippen LogP contribution in [0.3, 0.4) is 0 Å². The van der Waals surface area contributed by atoms with Crippen LogP contribution in [0.1, 0.15) is 43.0 Å². The number of pyridine rings is 1. The maximum atomic E-state index is 12.5. The Kier molecular flexibility index (Phi) is 8.78. The lowest BCUT2D eigenvalue weighted by atomic mass is 9.83. The molecular weight excluding hydrogens is 551 g/mol. The summed E-state index contributed by atoms with van der Waals surface area (Å²) >= 11 is 12.1. The van der Waals surface area contributed by atoms with E-state index in [1.807, 2.05) is 35.8 Å². The third-order valence-electron chi connectivity index (χ3n) is 7.29. The van der Waals surface area contributed by atoms with Crippen molar-refractivity contribution in [2.45, 2.75) is 45.4 Å². The van der Waals surface area contributed by atoms with Crippen LogP contribution in [0, 0.1) is 5.92 Å². The first-order valence-electron chi connectivity index (χ1n) is 13.4. The third kappa shape index (κ3) is 6.52. The molecule has 2 aliphatic heterocycles. The highest BCUT2D eigenvalue weighted by Crippen LogP contribution is 2.36. The fourth-order valence-electron chi connectivity index (χ4n) is 5.54. The molecule has 2 aliphatic rings. The van der Waals surface area contributed by atoms with Crippen LogP contribution < -0.4 is 20.5 Å². The van der Waals surface area contributed by atoms with E-state index in [1.165, 1.54) is 0 Å². The zero-order valence-electron chi connectivity index (χ0n) is 22.5. The lowest BCUT2D eigenvalue weighted by Gasteiger charge is -2.43. The summed E-state index contributed by atoms with van der Waals surface area (Å²) in [5, 5.41) is 4.95. The van der Waals surface area contributed by atoms with Gasteiger partial charge in [-0.1, -0.05) is 29.3 Å². The van der Waals surface area contributed by atoms with Gasteiger partial charge in [0.15, 0.2) is 6.10 Å². The molecule has 2 aromatic carbocycles. The van der Waals surface area contributed by atoms with Gasteiger partial charge in [0.2, 0.25) is 0 Å². The van der Waals surface area contributed by atoms with E-state index in [1.54, 1.807) is 37.4 Å². The summed E-state index contributed by atoms with van der Waals surface area (Å²) in [5.74, 6) is 1.56. The van der Waals surface area contributed by atoms with Gasteiger partial charge in [-0.2, -0.15) is 5.10 Å². The van der Waals surface area contributed by atoms with Crippen molar-refractivity contribution in [1.82, 2.24) is 14.9 Å². The standard InChI is InChI=1S/C30H32Cl2N4O4/c1-3-39-27-9-7-20(14-33-34-30(38)19(2)40-28-10-8-24(31)13-25(28)32)11-23(27)18-35-15-21-12-22(17-35)26-5-4-6-29(37)36(26)16-21/h4-11,13-14,19,21-22H,3,12,15-18H2,1-2H3,(H,34,38)/b33-14-/t19-,21-,22+/m1/s1. The van der Waals surface area contributed by atoms with Gasteiger partial charge in [-0.05, 0) is 74.2 Å². The average molecular weight is 584 g/mol. The number of likely N-dealkylation sites (tertiary alicyclic amines) is 1. The Bertz CT molecular complexity index is 1470. The second kappa shape index (κ2) is 12.5. The number of fused-ring (bicyclic) bond motifs is 4. The average Bonchev–Trinajstić information content (AvgIpc) is 2.92. The Morgan fingerprint density at radius 2 is 1.95 bits per heavy atom. The van der Waals surface area contributed by atoms with Gasteiger partial charge in [0.1, 0.15) is 11.5 Å². The number of aromatic nitrogens is 1. The molecule has 0 radical (unpaired) electrons. The summed E-state index contributed by atoms with van der Waals surface area (Å²) < 4.78 is 13.5. The predicted octanol–water partition coefficient (Wildman–Crippen LogP) is 5.09. The van der Waals surface area contributed by atoms with Crippen LogP contribution in [0.25, 0.3) is 0 Å². The zero-order chi connectivity index (χ0) is 28.2. The minimum absolute atomic E-state index is 0.0908. The van der Waals surface area contributed by atoms with E-state index < -0.39 is 12.0 Å². The van der Waals surface area contributed by atoms with Gasteiger partial charge in [-0.15, -0.1) is 0 Å². The van der Waals surface area contributed by atoms with Crippen molar-refractivity contribution >= 4 is 35.3 Å². The maximum absolute atomic E-state index is 12.5. The normalized spacial score (nSPS) is 19.2. The number of hydrogen-bond acceptors (Lipinski definition) is 6. The quantitative estimate of drug-likeness (QED) is 0.280. The summed E-state index contributed by atoms with van der Waals surface area (Å²) in [5.41, 5.74) is 5.64. The Labute approximate surface area is 243 Å². The number of nitrogens with one attached hydrogen (secondary N) is 1. The van der Waals surface area contributed by atoms with Gasteiger partial charge in [-0.3, -0.25) is 14.5 Å². The van der Waals surface area contributed by atoms with Crippen LogP contribution in [0.4, 0.5) is 0 Å². The highest BCUT2D eigenvalue weighted by atomic mass is 35.5. The lowest BCUT2D eigenvalue weighted by Crippen LogP contribution is -2.46. The molecule has 10 heteroatoms. The Morgan fingerprint density at radius 3 is 2.75 bits per heavy atom. The summed E-state index contributed by atoms with van der Waals surface area (Å²) in [6, 6.07) is 16.3. The molecule has 210 valence electrons. The van der Waals surface area contributed by atoms with Crippen molar-refractivity contribution < 1.29 is 14.3 Å². The topological polar surface area (TPSA) is 85.2 Å². The first-order valence-corrected chi connectivity index (χ1v) is 14.2. The van der Waals surface area contributed by atoms with Crippen molar-refractivity contribution in [3.05, 3.63) is 91.8 Å². The van der Waals surface area contributed by atoms with Crippen LogP contribution in [-0.4, -0.2) is 47.4 Å². The number of ether oxygens (including phenoxy) is 2. The molecule has 8 nitrogen and oxygen atoms in total.